The van der Waals surface area contributed by atoms with Gasteiger partial charge < -0.3 is 0 Å². The van der Waals surface area contributed by atoms with Crippen molar-refractivity contribution >= 4 is 11.3 Å². The highest BCUT2D eigenvalue weighted by Crippen LogP contribution is 2.36. The molecule has 0 atom stereocenters. The summed E-state index contributed by atoms with van der Waals surface area (Å²) in [5.74, 6) is 0. The molecule has 2 aromatic heterocycles. The zero-order valence-electron chi connectivity index (χ0n) is 8.47. The molecule has 1 aliphatic carbocycles. The number of rotatable bonds is 2. The van der Waals surface area contributed by atoms with E-state index in [1.165, 1.54) is 6.07 Å². The average Bonchev–Trinajstić information content (AvgIpc) is 2.92. The third kappa shape index (κ3) is 1.53. The van der Waals surface area contributed by atoms with Crippen LogP contribution in [-0.2, 0) is 0 Å². The Morgan fingerprint density at radius 2 is 2.19 bits per heavy atom. The largest absolute Gasteiger partial charge is 0.329 e. The Hall–Kier alpha value is -1.62. The zero-order valence-corrected chi connectivity index (χ0v) is 9.29. The van der Waals surface area contributed by atoms with E-state index in [1.807, 2.05) is 16.8 Å². The molecule has 1 saturated carbocycles. The molecule has 82 valence electrons. The van der Waals surface area contributed by atoms with Crippen molar-refractivity contribution < 1.29 is 0 Å². The lowest BCUT2D eigenvalue weighted by molar-refractivity contribution is 0.684. The summed E-state index contributed by atoms with van der Waals surface area (Å²) in [6.07, 6.45) is 2.03. The molecule has 0 aliphatic heterocycles. The van der Waals surface area contributed by atoms with E-state index >= 15 is 0 Å². The summed E-state index contributed by atoms with van der Waals surface area (Å²) in [5.41, 5.74) is 1.05. The van der Waals surface area contributed by atoms with Gasteiger partial charge in [-0.2, -0.15) is 11.3 Å². The highest BCUT2D eigenvalue weighted by Gasteiger charge is 2.27. The van der Waals surface area contributed by atoms with Gasteiger partial charge in [-0.3, -0.25) is 14.3 Å². The molecular weight excluding hydrogens is 224 g/mol. The number of hydrogen-bond acceptors (Lipinski definition) is 3. The number of aromatic nitrogens is 2. The molecule has 1 N–H and O–H groups in total. The van der Waals surface area contributed by atoms with E-state index < -0.39 is 0 Å². The van der Waals surface area contributed by atoms with E-state index in [0.29, 0.717) is 0 Å². The SMILES string of the molecule is O=c1cc(-c2ccsc2)n(C2CC2)c(=O)[nH]1. The number of thiophene rings is 1. The fourth-order valence-corrected chi connectivity index (χ4v) is 2.48. The molecule has 1 aliphatic rings. The number of nitrogens with one attached hydrogen (secondary N) is 1. The topological polar surface area (TPSA) is 54.9 Å². The Labute approximate surface area is 95.2 Å². The molecule has 0 radical (unpaired) electrons. The lowest BCUT2D eigenvalue weighted by atomic mass is 10.2. The van der Waals surface area contributed by atoms with Gasteiger partial charge in [0.05, 0.1) is 5.69 Å². The summed E-state index contributed by atoms with van der Waals surface area (Å²) >= 11 is 1.56. The highest BCUT2D eigenvalue weighted by atomic mass is 32.1. The van der Waals surface area contributed by atoms with E-state index in [0.717, 1.165) is 24.1 Å². The third-order valence-electron chi connectivity index (χ3n) is 2.71. The molecule has 5 heteroatoms. The Balaban J connectivity index is 2.30. The number of aromatic amines is 1. The van der Waals surface area contributed by atoms with E-state index in [2.05, 4.69) is 4.98 Å². The van der Waals surface area contributed by atoms with Gasteiger partial charge in [-0.15, -0.1) is 0 Å². The van der Waals surface area contributed by atoms with Crippen LogP contribution < -0.4 is 11.2 Å². The van der Waals surface area contributed by atoms with Gasteiger partial charge in [0.1, 0.15) is 0 Å². The van der Waals surface area contributed by atoms with Crippen LogP contribution in [0, 0.1) is 0 Å². The van der Waals surface area contributed by atoms with Crippen LogP contribution in [0.3, 0.4) is 0 Å². The molecular formula is C11H10N2O2S. The molecule has 4 nitrogen and oxygen atoms in total. The van der Waals surface area contributed by atoms with Crippen LogP contribution in [0.15, 0.2) is 32.5 Å². The van der Waals surface area contributed by atoms with Crippen LogP contribution >= 0.6 is 11.3 Å². The third-order valence-corrected chi connectivity index (χ3v) is 3.39. The summed E-state index contributed by atoms with van der Waals surface area (Å²) in [5, 5.41) is 3.89. The van der Waals surface area contributed by atoms with Crippen molar-refractivity contribution in [3.8, 4) is 11.3 Å². The van der Waals surface area contributed by atoms with E-state index in [1.54, 1.807) is 15.9 Å². The molecule has 0 aromatic carbocycles. The quantitative estimate of drug-likeness (QED) is 0.858. The van der Waals surface area contributed by atoms with Crippen molar-refractivity contribution in [2.45, 2.75) is 18.9 Å². The first-order chi connectivity index (χ1) is 7.75. The van der Waals surface area contributed by atoms with Gasteiger partial charge in [-0.25, -0.2) is 4.79 Å². The van der Waals surface area contributed by atoms with Crippen molar-refractivity contribution in [1.82, 2.24) is 9.55 Å². The molecule has 1 fully saturated rings. The van der Waals surface area contributed by atoms with Gasteiger partial charge >= 0.3 is 5.69 Å². The van der Waals surface area contributed by atoms with E-state index in [4.69, 9.17) is 0 Å². The molecule has 3 rings (SSSR count). The average molecular weight is 234 g/mol. The summed E-state index contributed by atoms with van der Waals surface area (Å²) < 4.78 is 1.70. The minimum Gasteiger partial charge on any atom is -0.290 e. The molecule has 2 heterocycles. The van der Waals surface area contributed by atoms with Crippen LogP contribution in [-0.4, -0.2) is 9.55 Å². The predicted molar refractivity (Wildman–Crippen MR) is 62.9 cm³/mol. The van der Waals surface area contributed by atoms with Crippen LogP contribution in [0.25, 0.3) is 11.3 Å². The second-order valence-corrected chi connectivity index (χ2v) is 4.72. The maximum atomic E-state index is 11.7. The predicted octanol–water partition coefficient (Wildman–Crippen LogP) is 1.60. The summed E-state index contributed by atoms with van der Waals surface area (Å²) in [6, 6.07) is 3.69. The fraction of sp³-hybridized carbons (Fsp3) is 0.273. The second-order valence-electron chi connectivity index (χ2n) is 3.94. The zero-order chi connectivity index (χ0) is 11.1. The molecule has 16 heavy (non-hydrogen) atoms. The molecule has 0 spiro atoms. The second kappa shape index (κ2) is 3.45. The molecule has 0 saturated heterocycles. The summed E-state index contributed by atoms with van der Waals surface area (Å²) in [6.45, 7) is 0. The van der Waals surface area contributed by atoms with Crippen LogP contribution in [0.1, 0.15) is 18.9 Å². The van der Waals surface area contributed by atoms with Gasteiger partial charge in [0, 0.05) is 23.1 Å². The fourth-order valence-electron chi connectivity index (χ4n) is 1.83. The normalized spacial score (nSPS) is 15.2. The highest BCUT2D eigenvalue weighted by molar-refractivity contribution is 7.08. The molecule has 0 unspecified atom stereocenters. The maximum Gasteiger partial charge on any atom is 0.329 e. The molecule has 0 amide bonds. The van der Waals surface area contributed by atoms with Crippen molar-refractivity contribution in [3.05, 3.63) is 43.7 Å². The maximum absolute atomic E-state index is 11.7. The van der Waals surface area contributed by atoms with Crippen molar-refractivity contribution in [3.63, 3.8) is 0 Å². The Bertz CT molecular complexity index is 620. The Kier molecular flexibility index (Phi) is 2.07. The minimum absolute atomic E-state index is 0.263. The number of hydrogen-bond donors (Lipinski definition) is 1. The lowest BCUT2D eigenvalue weighted by Gasteiger charge is -2.09. The van der Waals surface area contributed by atoms with Crippen molar-refractivity contribution in [2.75, 3.05) is 0 Å². The van der Waals surface area contributed by atoms with E-state index in [-0.39, 0.29) is 17.3 Å². The Morgan fingerprint density at radius 1 is 1.38 bits per heavy atom. The Morgan fingerprint density at radius 3 is 2.81 bits per heavy atom. The van der Waals surface area contributed by atoms with Crippen LogP contribution in [0.2, 0.25) is 0 Å². The van der Waals surface area contributed by atoms with Gasteiger partial charge in [-0.1, -0.05) is 0 Å². The monoisotopic (exact) mass is 234 g/mol. The first-order valence-electron chi connectivity index (χ1n) is 5.14. The van der Waals surface area contributed by atoms with Gasteiger partial charge in [-0.05, 0) is 24.3 Å². The minimum atomic E-state index is -0.330. The molecule has 0 bridgehead atoms. The van der Waals surface area contributed by atoms with Crippen LogP contribution in [0.4, 0.5) is 0 Å². The van der Waals surface area contributed by atoms with Gasteiger partial charge in [0.15, 0.2) is 0 Å². The standard InChI is InChI=1S/C11H10N2O2S/c14-10-5-9(7-3-4-16-6-7)13(8-1-2-8)11(15)12-10/h3-6,8H,1-2H2,(H,12,14,15). The van der Waals surface area contributed by atoms with Crippen LogP contribution in [0.5, 0.6) is 0 Å². The van der Waals surface area contributed by atoms with E-state index in [9.17, 15) is 9.59 Å². The number of nitrogens with zero attached hydrogens (tertiary/aromatic N) is 1. The van der Waals surface area contributed by atoms with Crippen molar-refractivity contribution in [2.24, 2.45) is 0 Å². The summed E-state index contributed by atoms with van der Waals surface area (Å²) in [7, 11) is 0. The lowest BCUT2D eigenvalue weighted by Crippen LogP contribution is -2.30. The number of H-pyrrole nitrogens is 1. The first kappa shape index (κ1) is 9.59. The summed E-state index contributed by atoms with van der Waals surface area (Å²) in [4.78, 5) is 25.4. The first-order valence-corrected chi connectivity index (χ1v) is 6.08. The van der Waals surface area contributed by atoms with Crippen molar-refractivity contribution in [1.29, 1.82) is 0 Å². The van der Waals surface area contributed by atoms with Gasteiger partial charge in [0.25, 0.3) is 5.56 Å². The molecule has 2 aromatic rings. The van der Waals surface area contributed by atoms with Gasteiger partial charge in [0.2, 0.25) is 0 Å². The smallest absolute Gasteiger partial charge is 0.290 e.